The monoisotopic (exact) mass is 259 g/mol. The van der Waals surface area contributed by atoms with E-state index in [9.17, 15) is 9.18 Å². The van der Waals surface area contributed by atoms with Gasteiger partial charge in [0.15, 0.2) is 0 Å². The SMILES string of the molecule is Cc1cccc(F)c1Nc1cc(N)ccc1C(N)=O. The van der Waals surface area contributed by atoms with Gasteiger partial charge in [0.25, 0.3) is 5.91 Å². The molecule has 0 atom stereocenters. The maximum absolute atomic E-state index is 13.8. The van der Waals surface area contributed by atoms with Gasteiger partial charge in [-0.05, 0) is 36.8 Å². The first-order valence-electron chi connectivity index (χ1n) is 5.70. The van der Waals surface area contributed by atoms with Crippen molar-refractivity contribution in [1.82, 2.24) is 0 Å². The second kappa shape index (κ2) is 4.97. The van der Waals surface area contributed by atoms with Crippen molar-refractivity contribution in [3.8, 4) is 0 Å². The number of hydrogen-bond acceptors (Lipinski definition) is 3. The van der Waals surface area contributed by atoms with Crippen LogP contribution in [0.2, 0.25) is 0 Å². The smallest absolute Gasteiger partial charge is 0.250 e. The number of para-hydroxylation sites is 1. The minimum atomic E-state index is -0.600. The molecule has 0 heterocycles. The van der Waals surface area contributed by atoms with E-state index < -0.39 is 11.7 Å². The molecule has 2 aromatic rings. The molecule has 0 radical (unpaired) electrons. The first-order valence-corrected chi connectivity index (χ1v) is 5.70. The van der Waals surface area contributed by atoms with Crippen LogP contribution in [0, 0.1) is 12.7 Å². The average molecular weight is 259 g/mol. The number of hydrogen-bond donors (Lipinski definition) is 3. The molecule has 5 heteroatoms. The number of carbonyl (C=O) groups excluding carboxylic acids is 1. The van der Waals surface area contributed by atoms with Crippen LogP contribution in [0.5, 0.6) is 0 Å². The first-order chi connectivity index (χ1) is 8.99. The van der Waals surface area contributed by atoms with Gasteiger partial charge in [-0.2, -0.15) is 0 Å². The molecular weight excluding hydrogens is 245 g/mol. The molecule has 1 amide bonds. The van der Waals surface area contributed by atoms with Crippen molar-refractivity contribution in [3.05, 3.63) is 53.3 Å². The van der Waals surface area contributed by atoms with Crippen LogP contribution >= 0.6 is 0 Å². The Morgan fingerprint density at radius 1 is 1.26 bits per heavy atom. The molecule has 2 aromatic carbocycles. The molecule has 4 nitrogen and oxygen atoms in total. The normalized spacial score (nSPS) is 10.2. The topological polar surface area (TPSA) is 81.1 Å². The summed E-state index contributed by atoms with van der Waals surface area (Å²) in [7, 11) is 0. The number of amides is 1. The van der Waals surface area contributed by atoms with Gasteiger partial charge >= 0.3 is 0 Å². The van der Waals surface area contributed by atoms with E-state index in [0.717, 1.165) is 5.56 Å². The summed E-state index contributed by atoms with van der Waals surface area (Å²) in [6.07, 6.45) is 0. The van der Waals surface area contributed by atoms with Crippen molar-refractivity contribution in [1.29, 1.82) is 0 Å². The molecule has 0 bridgehead atoms. The first kappa shape index (κ1) is 12.9. The Hall–Kier alpha value is -2.56. The van der Waals surface area contributed by atoms with E-state index in [1.54, 1.807) is 31.2 Å². The lowest BCUT2D eigenvalue weighted by Gasteiger charge is -2.13. The van der Waals surface area contributed by atoms with E-state index in [4.69, 9.17) is 11.5 Å². The zero-order valence-corrected chi connectivity index (χ0v) is 10.4. The minimum Gasteiger partial charge on any atom is -0.399 e. The van der Waals surface area contributed by atoms with Gasteiger partial charge in [-0.25, -0.2) is 4.39 Å². The summed E-state index contributed by atoms with van der Waals surface area (Å²) >= 11 is 0. The fourth-order valence-corrected chi connectivity index (χ4v) is 1.81. The Balaban J connectivity index is 2.49. The number of benzene rings is 2. The summed E-state index contributed by atoms with van der Waals surface area (Å²) in [4.78, 5) is 11.3. The van der Waals surface area contributed by atoms with Gasteiger partial charge < -0.3 is 16.8 Å². The van der Waals surface area contributed by atoms with Crippen LogP contribution in [0.15, 0.2) is 36.4 Å². The molecule has 0 saturated heterocycles. The number of halogens is 1. The van der Waals surface area contributed by atoms with Crippen molar-refractivity contribution in [3.63, 3.8) is 0 Å². The third-order valence-corrected chi connectivity index (χ3v) is 2.79. The van der Waals surface area contributed by atoms with Crippen molar-refractivity contribution in [2.75, 3.05) is 11.1 Å². The highest BCUT2D eigenvalue weighted by Crippen LogP contribution is 2.27. The highest BCUT2D eigenvalue weighted by Gasteiger charge is 2.12. The van der Waals surface area contributed by atoms with Crippen LogP contribution in [0.4, 0.5) is 21.5 Å². The summed E-state index contributed by atoms with van der Waals surface area (Å²) in [5.74, 6) is -1.01. The summed E-state index contributed by atoms with van der Waals surface area (Å²) in [5, 5.41) is 2.88. The van der Waals surface area contributed by atoms with Crippen LogP contribution in [-0.4, -0.2) is 5.91 Å². The summed E-state index contributed by atoms with van der Waals surface area (Å²) in [5.41, 5.74) is 13.1. The van der Waals surface area contributed by atoms with Crippen LogP contribution in [-0.2, 0) is 0 Å². The fourth-order valence-electron chi connectivity index (χ4n) is 1.81. The van der Waals surface area contributed by atoms with Gasteiger partial charge in [-0.15, -0.1) is 0 Å². The van der Waals surface area contributed by atoms with Crippen LogP contribution < -0.4 is 16.8 Å². The number of rotatable bonds is 3. The van der Waals surface area contributed by atoms with E-state index in [1.807, 2.05) is 0 Å². The van der Waals surface area contributed by atoms with Gasteiger partial charge in [0.05, 0.1) is 16.9 Å². The number of nitrogens with one attached hydrogen (secondary N) is 1. The molecule has 2 rings (SSSR count). The molecule has 98 valence electrons. The molecule has 0 fully saturated rings. The van der Waals surface area contributed by atoms with Gasteiger partial charge in [0.2, 0.25) is 0 Å². The molecule has 5 N–H and O–H groups in total. The second-order valence-electron chi connectivity index (χ2n) is 4.23. The highest BCUT2D eigenvalue weighted by molar-refractivity contribution is 6.00. The Labute approximate surface area is 110 Å². The third kappa shape index (κ3) is 2.65. The molecule has 0 unspecified atom stereocenters. The van der Waals surface area contributed by atoms with Gasteiger partial charge in [-0.3, -0.25) is 4.79 Å². The van der Waals surface area contributed by atoms with E-state index >= 15 is 0 Å². The number of aryl methyl sites for hydroxylation is 1. The van der Waals surface area contributed by atoms with Crippen molar-refractivity contribution >= 4 is 23.0 Å². The Morgan fingerprint density at radius 2 is 2.00 bits per heavy atom. The molecule has 0 aliphatic heterocycles. The molecule has 0 aromatic heterocycles. The minimum absolute atomic E-state index is 0.261. The average Bonchev–Trinajstić information content (AvgIpc) is 2.33. The second-order valence-corrected chi connectivity index (χ2v) is 4.23. The van der Waals surface area contributed by atoms with E-state index in [0.29, 0.717) is 17.1 Å². The number of carbonyl (C=O) groups is 1. The molecule has 0 aliphatic carbocycles. The predicted molar refractivity (Wildman–Crippen MR) is 73.8 cm³/mol. The maximum Gasteiger partial charge on any atom is 0.250 e. The Bertz CT molecular complexity index is 620. The van der Waals surface area contributed by atoms with Crippen LogP contribution in [0.25, 0.3) is 0 Å². The van der Waals surface area contributed by atoms with Crippen LogP contribution in [0.3, 0.4) is 0 Å². The quantitative estimate of drug-likeness (QED) is 0.741. The van der Waals surface area contributed by atoms with Gasteiger partial charge in [0, 0.05) is 5.69 Å². The van der Waals surface area contributed by atoms with Crippen molar-refractivity contribution in [2.24, 2.45) is 5.73 Å². The van der Waals surface area contributed by atoms with Gasteiger partial charge in [0.1, 0.15) is 5.82 Å². The standard InChI is InChI=1S/C14H14FN3O/c1-8-3-2-4-11(15)13(8)18-12-7-9(16)5-6-10(12)14(17)19/h2-7,18H,16H2,1H3,(H2,17,19). The summed E-state index contributed by atoms with van der Waals surface area (Å²) in [6, 6.07) is 9.35. The highest BCUT2D eigenvalue weighted by atomic mass is 19.1. The van der Waals surface area contributed by atoms with E-state index in [1.165, 1.54) is 12.1 Å². The summed E-state index contributed by atoms with van der Waals surface area (Å²) < 4.78 is 13.8. The van der Waals surface area contributed by atoms with Crippen molar-refractivity contribution in [2.45, 2.75) is 6.92 Å². The number of nitrogens with two attached hydrogens (primary N) is 2. The summed E-state index contributed by atoms with van der Waals surface area (Å²) in [6.45, 7) is 1.77. The molecule has 0 spiro atoms. The number of anilines is 3. The van der Waals surface area contributed by atoms with E-state index in [-0.39, 0.29) is 5.56 Å². The molecule has 0 saturated carbocycles. The zero-order chi connectivity index (χ0) is 14.0. The predicted octanol–water partition coefficient (Wildman–Crippen LogP) is 2.56. The lowest BCUT2D eigenvalue weighted by atomic mass is 10.1. The fraction of sp³-hybridized carbons (Fsp3) is 0.0714. The largest absolute Gasteiger partial charge is 0.399 e. The Kier molecular flexibility index (Phi) is 3.37. The van der Waals surface area contributed by atoms with Crippen molar-refractivity contribution < 1.29 is 9.18 Å². The van der Waals surface area contributed by atoms with Gasteiger partial charge in [-0.1, -0.05) is 12.1 Å². The number of nitrogen functional groups attached to an aromatic ring is 1. The lowest BCUT2D eigenvalue weighted by Crippen LogP contribution is -2.14. The van der Waals surface area contributed by atoms with E-state index in [2.05, 4.69) is 5.32 Å². The molecule has 19 heavy (non-hydrogen) atoms. The molecular formula is C14H14FN3O. The lowest BCUT2D eigenvalue weighted by molar-refractivity contribution is 0.100. The third-order valence-electron chi connectivity index (χ3n) is 2.79. The van der Waals surface area contributed by atoms with Crippen LogP contribution in [0.1, 0.15) is 15.9 Å². The molecule has 0 aliphatic rings. The Morgan fingerprint density at radius 3 is 2.63 bits per heavy atom. The zero-order valence-electron chi connectivity index (χ0n) is 10.4. The number of primary amides is 1. The maximum atomic E-state index is 13.8.